The first kappa shape index (κ1) is 18.8. The molecule has 7 nitrogen and oxygen atoms in total. The van der Waals surface area contributed by atoms with Crippen LogP contribution in [0.1, 0.15) is 30.1 Å². The molecule has 1 N–H and O–H groups in total. The zero-order valence-electron chi connectivity index (χ0n) is 14.1. The Hall–Kier alpha value is -2.54. The largest absolute Gasteiger partial charge is 0.492 e. The summed E-state index contributed by atoms with van der Waals surface area (Å²) >= 11 is 5.99. The van der Waals surface area contributed by atoms with Crippen molar-refractivity contribution >= 4 is 29.3 Å². The molecule has 25 heavy (non-hydrogen) atoms. The van der Waals surface area contributed by atoms with Gasteiger partial charge in [0.05, 0.1) is 24.4 Å². The van der Waals surface area contributed by atoms with Crippen LogP contribution in [0.3, 0.4) is 0 Å². The van der Waals surface area contributed by atoms with Gasteiger partial charge in [-0.1, -0.05) is 23.7 Å². The third-order valence-electron chi connectivity index (χ3n) is 3.33. The Kier molecular flexibility index (Phi) is 6.82. The second-order valence-electron chi connectivity index (χ2n) is 5.18. The molecule has 134 valence electrons. The van der Waals surface area contributed by atoms with Crippen LogP contribution in [0.15, 0.2) is 30.5 Å². The van der Waals surface area contributed by atoms with Gasteiger partial charge >= 0.3 is 5.97 Å². The Morgan fingerprint density at radius 3 is 2.80 bits per heavy atom. The SMILES string of the molecule is CCOC(=O)c1cnn(C)c1NC(=O)CCCOc1ccccc1Cl. The Morgan fingerprint density at radius 1 is 1.32 bits per heavy atom. The van der Waals surface area contributed by atoms with Crippen molar-refractivity contribution in [1.29, 1.82) is 0 Å². The standard InChI is InChI=1S/C17H20ClN3O4/c1-3-24-17(23)12-11-19-21(2)16(12)20-15(22)9-6-10-25-14-8-5-4-7-13(14)18/h4-5,7-8,11H,3,6,9-10H2,1-2H3,(H,20,22). The van der Waals surface area contributed by atoms with Crippen LogP contribution in [0.2, 0.25) is 5.02 Å². The summed E-state index contributed by atoms with van der Waals surface area (Å²) in [6, 6.07) is 7.15. The van der Waals surface area contributed by atoms with Gasteiger partial charge in [0.2, 0.25) is 5.91 Å². The molecule has 0 aliphatic carbocycles. The van der Waals surface area contributed by atoms with Gasteiger partial charge in [0.15, 0.2) is 0 Å². The summed E-state index contributed by atoms with van der Waals surface area (Å²) < 4.78 is 11.9. The van der Waals surface area contributed by atoms with Gasteiger partial charge < -0.3 is 14.8 Å². The second kappa shape index (κ2) is 9.08. The summed E-state index contributed by atoms with van der Waals surface area (Å²) in [5, 5.41) is 7.20. The number of carbonyl (C=O) groups is 2. The molecule has 8 heteroatoms. The number of hydrogen-bond donors (Lipinski definition) is 1. The van der Waals surface area contributed by atoms with Gasteiger partial charge in [-0.2, -0.15) is 5.10 Å². The van der Waals surface area contributed by atoms with Gasteiger partial charge in [0.1, 0.15) is 17.1 Å². The zero-order valence-corrected chi connectivity index (χ0v) is 14.9. The number of amides is 1. The number of esters is 1. The lowest BCUT2D eigenvalue weighted by molar-refractivity contribution is -0.116. The number of aryl methyl sites for hydroxylation is 1. The van der Waals surface area contributed by atoms with E-state index < -0.39 is 5.97 Å². The van der Waals surface area contributed by atoms with Gasteiger partial charge in [-0.05, 0) is 25.5 Å². The van der Waals surface area contributed by atoms with E-state index >= 15 is 0 Å². The number of anilines is 1. The summed E-state index contributed by atoms with van der Waals surface area (Å²) in [6.45, 7) is 2.32. The van der Waals surface area contributed by atoms with Crippen LogP contribution in [0.5, 0.6) is 5.75 Å². The van der Waals surface area contributed by atoms with Crippen molar-refractivity contribution in [2.75, 3.05) is 18.5 Å². The maximum Gasteiger partial charge on any atom is 0.343 e. The molecule has 0 saturated carbocycles. The predicted molar refractivity (Wildman–Crippen MR) is 94.0 cm³/mol. The third-order valence-corrected chi connectivity index (χ3v) is 3.65. The number of hydrogen-bond acceptors (Lipinski definition) is 5. The van der Waals surface area contributed by atoms with Gasteiger partial charge in [-0.15, -0.1) is 0 Å². The average Bonchev–Trinajstić information content (AvgIpc) is 2.94. The van der Waals surface area contributed by atoms with E-state index in [1.165, 1.54) is 10.9 Å². The van der Waals surface area contributed by atoms with Crippen LogP contribution in [-0.4, -0.2) is 34.9 Å². The minimum Gasteiger partial charge on any atom is -0.492 e. The summed E-state index contributed by atoms with van der Waals surface area (Å²) in [7, 11) is 1.64. The number of aromatic nitrogens is 2. The Bertz CT molecular complexity index is 745. The van der Waals surface area contributed by atoms with Crippen LogP contribution in [0.25, 0.3) is 0 Å². The van der Waals surface area contributed by atoms with Crippen LogP contribution < -0.4 is 10.1 Å². The molecular weight excluding hydrogens is 346 g/mol. The molecule has 1 aromatic heterocycles. The van der Waals surface area contributed by atoms with E-state index in [1.807, 2.05) is 12.1 Å². The highest BCUT2D eigenvalue weighted by molar-refractivity contribution is 6.32. The lowest BCUT2D eigenvalue weighted by atomic mass is 10.3. The van der Waals surface area contributed by atoms with E-state index in [0.717, 1.165) is 0 Å². The van der Waals surface area contributed by atoms with E-state index in [9.17, 15) is 9.59 Å². The van der Waals surface area contributed by atoms with Gasteiger partial charge in [0.25, 0.3) is 0 Å². The Balaban J connectivity index is 1.84. The van der Waals surface area contributed by atoms with Crippen molar-refractivity contribution in [1.82, 2.24) is 9.78 Å². The van der Waals surface area contributed by atoms with Gasteiger partial charge in [0, 0.05) is 13.5 Å². The molecule has 0 radical (unpaired) electrons. The Morgan fingerprint density at radius 2 is 2.08 bits per heavy atom. The van der Waals surface area contributed by atoms with Crippen LogP contribution in [-0.2, 0) is 16.6 Å². The van der Waals surface area contributed by atoms with Gasteiger partial charge in [-0.25, -0.2) is 4.79 Å². The minimum absolute atomic E-state index is 0.227. The minimum atomic E-state index is -0.520. The summed E-state index contributed by atoms with van der Waals surface area (Å²) in [6.07, 6.45) is 2.11. The monoisotopic (exact) mass is 365 g/mol. The molecule has 0 saturated heterocycles. The van der Waals surface area contributed by atoms with Crippen molar-refractivity contribution in [3.05, 3.63) is 41.0 Å². The Labute approximate surface area is 150 Å². The third kappa shape index (κ3) is 5.22. The molecule has 2 rings (SSSR count). The number of nitrogens with zero attached hydrogens (tertiary/aromatic N) is 2. The lowest BCUT2D eigenvalue weighted by Gasteiger charge is -2.09. The highest BCUT2D eigenvalue weighted by Gasteiger charge is 2.19. The molecular formula is C17H20ClN3O4. The van der Waals surface area contributed by atoms with E-state index in [2.05, 4.69) is 10.4 Å². The highest BCUT2D eigenvalue weighted by Crippen LogP contribution is 2.23. The predicted octanol–water partition coefficient (Wildman–Crippen LogP) is 3.05. The van der Waals surface area contributed by atoms with Crippen molar-refractivity contribution < 1.29 is 19.1 Å². The molecule has 1 aromatic carbocycles. The van der Waals surface area contributed by atoms with E-state index in [0.29, 0.717) is 29.6 Å². The van der Waals surface area contributed by atoms with Crippen molar-refractivity contribution in [2.45, 2.75) is 19.8 Å². The molecule has 1 heterocycles. The number of carbonyl (C=O) groups excluding carboxylic acids is 2. The number of nitrogens with one attached hydrogen (secondary N) is 1. The number of halogens is 1. The zero-order chi connectivity index (χ0) is 18.2. The van der Waals surface area contributed by atoms with E-state index in [4.69, 9.17) is 21.1 Å². The van der Waals surface area contributed by atoms with Gasteiger partial charge in [-0.3, -0.25) is 9.48 Å². The van der Waals surface area contributed by atoms with Crippen molar-refractivity contribution in [3.8, 4) is 5.75 Å². The van der Waals surface area contributed by atoms with E-state index in [1.54, 1.807) is 26.1 Å². The number of benzene rings is 1. The fourth-order valence-electron chi connectivity index (χ4n) is 2.12. The summed E-state index contributed by atoms with van der Waals surface area (Å²) in [4.78, 5) is 23.9. The number of ether oxygens (including phenoxy) is 2. The first-order chi connectivity index (χ1) is 12.0. The number of para-hydroxylation sites is 1. The molecule has 0 atom stereocenters. The van der Waals surface area contributed by atoms with Crippen LogP contribution >= 0.6 is 11.6 Å². The maximum atomic E-state index is 12.1. The molecule has 0 spiro atoms. The summed E-state index contributed by atoms with van der Waals surface area (Å²) in [5.74, 6) is 0.140. The second-order valence-corrected chi connectivity index (χ2v) is 5.59. The molecule has 1 amide bonds. The topological polar surface area (TPSA) is 82.5 Å². The first-order valence-corrected chi connectivity index (χ1v) is 8.27. The fraction of sp³-hybridized carbons (Fsp3) is 0.353. The fourth-order valence-corrected chi connectivity index (χ4v) is 2.31. The normalized spacial score (nSPS) is 10.4. The van der Waals surface area contributed by atoms with Crippen LogP contribution in [0, 0.1) is 0 Å². The highest BCUT2D eigenvalue weighted by atomic mass is 35.5. The molecule has 0 bridgehead atoms. The van der Waals surface area contributed by atoms with E-state index in [-0.39, 0.29) is 24.5 Å². The molecule has 0 fully saturated rings. The first-order valence-electron chi connectivity index (χ1n) is 7.89. The van der Waals surface area contributed by atoms with Crippen LogP contribution in [0.4, 0.5) is 5.82 Å². The molecule has 0 unspecified atom stereocenters. The lowest BCUT2D eigenvalue weighted by Crippen LogP contribution is -2.18. The average molecular weight is 366 g/mol. The van der Waals surface area contributed by atoms with Crippen molar-refractivity contribution in [2.24, 2.45) is 7.05 Å². The summed E-state index contributed by atoms with van der Waals surface area (Å²) in [5.41, 5.74) is 0.227. The van der Waals surface area contributed by atoms with Crippen molar-refractivity contribution in [3.63, 3.8) is 0 Å². The number of rotatable bonds is 8. The molecule has 0 aliphatic rings. The molecule has 2 aromatic rings. The maximum absolute atomic E-state index is 12.1. The quantitative estimate of drug-likeness (QED) is 0.574. The molecule has 0 aliphatic heterocycles. The smallest absolute Gasteiger partial charge is 0.343 e.